The molecule has 0 aliphatic heterocycles. The second-order valence-corrected chi connectivity index (χ2v) is 11.2. The molecule has 0 fully saturated rings. The maximum absolute atomic E-state index is 10.2. The van der Waals surface area contributed by atoms with Gasteiger partial charge >= 0.3 is 62.3 Å². The van der Waals surface area contributed by atoms with Crippen LogP contribution in [-0.4, -0.2) is 4.21 Å². The fourth-order valence-corrected chi connectivity index (χ4v) is 0. The van der Waals surface area contributed by atoms with Crippen LogP contribution in [0.25, 0.3) is 0 Å². The average molecular weight is 272 g/mol. The molecule has 1 unspecified atom stereocenters. The predicted octanol–water partition coefficient (Wildman–Crippen LogP) is 0.728. The van der Waals surface area contributed by atoms with Gasteiger partial charge in [0.05, 0.1) is 0 Å². The van der Waals surface area contributed by atoms with Crippen molar-refractivity contribution < 1.29 is 19.9 Å². The van der Waals surface area contributed by atoms with Crippen LogP contribution in [0.1, 0.15) is 0 Å². The quantitative estimate of drug-likeness (QED) is 0.520. The summed E-state index contributed by atoms with van der Waals surface area (Å²) in [5.74, 6) is 0. The summed E-state index contributed by atoms with van der Waals surface area (Å²) in [6.07, 6.45) is 0. The number of rotatable bonds is 1. The summed E-state index contributed by atoms with van der Waals surface area (Å²) >= 11 is 7.68. The predicted molar refractivity (Wildman–Crippen MR) is 32.0 cm³/mol. The first-order valence-corrected chi connectivity index (χ1v) is 6.96. The van der Waals surface area contributed by atoms with Crippen LogP contribution in [0.5, 0.6) is 0 Å². The van der Waals surface area contributed by atoms with Crippen molar-refractivity contribution in [1.29, 1.82) is 0 Å². The topological polar surface area (TPSA) is 29.4 Å². The Morgan fingerprint density at radius 1 is 2.00 bits per heavy atom. The molecule has 0 heterocycles. The summed E-state index contributed by atoms with van der Waals surface area (Å²) in [5.41, 5.74) is 0. The SMILES string of the molecule is O=[S](=[V])(I)N=S. The minimum absolute atomic E-state index is 1.67. The summed E-state index contributed by atoms with van der Waals surface area (Å²) in [4.78, 5) is -2.06. The Balaban J connectivity index is 4.25. The van der Waals surface area contributed by atoms with Crippen molar-refractivity contribution >= 4 is 38.6 Å². The number of nitrogens with zero attached hydrogens (tertiary/aromatic N) is 1. The second kappa shape index (κ2) is 2.71. The van der Waals surface area contributed by atoms with E-state index in [2.05, 4.69) is 16.2 Å². The standard InChI is InChI=1S/INOS2.V/c1-5(3)2-4;. The first kappa shape index (κ1) is 7.48. The van der Waals surface area contributed by atoms with Gasteiger partial charge in [-0.25, -0.2) is 0 Å². The molecule has 2 nitrogen and oxygen atoms in total. The van der Waals surface area contributed by atoms with Crippen molar-refractivity contribution in [3.8, 4) is 0 Å². The zero-order valence-corrected chi connectivity index (χ0v) is 7.68. The molecule has 0 spiro atoms. The number of halogens is 1. The molecule has 0 amide bonds. The zero-order chi connectivity index (χ0) is 5.21. The molecule has 0 bridgehead atoms. The molecule has 0 aliphatic carbocycles. The maximum atomic E-state index is 10.2. The Hall–Kier alpha value is 1.48. The molecule has 0 aromatic heterocycles. The van der Waals surface area contributed by atoms with Crippen molar-refractivity contribution in [1.82, 2.24) is 0 Å². The van der Waals surface area contributed by atoms with E-state index in [9.17, 15) is 4.21 Å². The second-order valence-electron chi connectivity index (χ2n) is 0.506. The van der Waals surface area contributed by atoms with Gasteiger partial charge in [0.1, 0.15) is 0 Å². The molecule has 6 heavy (non-hydrogen) atoms. The summed E-state index contributed by atoms with van der Waals surface area (Å²) in [6, 6.07) is 0. The van der Waals surface area contributed by atoms with Gasteiger partial charge in [0.2, 0.25) is 0 Å². The van der Waals surface area contributed by atoms with E-state index in [4.69, 9.17) is 0 Å². The molecule has 1 atom stereocenters. The van der Waals surface area contributed by atoms with Gasteiger partial charge in [-0.2, -0.15) is 0 Å². The molecule has 0 saturated carbocycles. The molecule has 0 saturated heterocycles. The summed E-state index contributed by atoms with van der Waals surface area (Å²) in [5, 5.41) is 0. The molecular weight excluding hydrogens is 272 g/mol. The summed E-state index contributed by atoms with van der Waals surface area (Å²) < 4.78 is 13.3. The van der Waals surface area contributed by atoms with Crippen molar-refractivity contribution in [2.24, 2.45) is 3.77 Å². The van der Waals surface area contributed by atoms with Gasteiger partial charge in [0.25, 0.3) is 0 Å². The fourth-order valence-electron chi connectivity index (χ4n) is 0. The molecular formula is INOS2V. The van der Waals surface area contributed by atoms with Gasteiger partial charge in [-0.15, -0.1) is 0 Å². The Kier molecular flexibility index (Phi) is 3.38. The van der Waals surface area contributed by atoms with E-state index in [0.717, 1.165) is 0 Å². The van der Waals surface area contributed by atoms with Crippen molar-refractivity contribution in [3.63, 3.8) is 0 Å². The van der Waals surface area contributed by atoms with Crippen LogP contribution in [0.2, 0.25) is 0 Å². The third-order valence-corrected chi connectivity index (χ3v) is 3.21. The Morgan fingerprint density at radius 2 is 2.17 bits per heavy atom. The van der Waals surface area contributed by atoms with Crippen LogP contribution < -0.4 is 0 Å². The third kappa shape index (κ3) is 5.48. The van der Waals surface area contributed by atoms with Gasteiger partial charge in [-0.05, 0) is 0 Å². The molecule has 0 aliphatic rings. The van der Waals surface area contributed by atoms with Crippen molar-refractivity contribution in [2.75, 3.05) is 0 Å². The van der Waals surface area contributed by atoms with Crippen LogP contribution in [-0.2, 0) is 33.1 Å². The molecule has 6 heteroatoms. The van der Waals surface area contributed by atoms with Crippen LogP contribution in [0, 0.1) is 0 Å². The Labute approximate surface area is 61.6 Å². The fraction of sp³-hybridized carbons (Fsp3) is 0. The molecule has 0 aromatic carbocycles. The van der Waals surface area contributed by atoms with Crippen LogP contribution in [0.4, 0.5) is 0 Å². The van der Waals surface area contributed by atoms with Gasteiger partial charge in [-0.1, -0.05) is 0 Å². The number of hydrogen-bond acceptors (Lipinski definition) is 2. The van der Waals surface area contributed by atoms with Gasteiger partial charge in [-0.3, -0.25) is 0 Å². The van der Waals surface area contributed by atoms with Crippen molar-refractivity contribution in [2.45, 2.75) is 0 Å². The minimum atomic E-state index is -2.06. The van der Waals surface area contributed by atoms with E-state index in [1.165, 1.54) is 0 Å². The molecule has 0 aromatic rings. The van der Waals surface area contributed by atoms with Crippen molar-refractivity contribution in [3.05, 3.63) is 0 Å². The van der Waals surface area contributed by atoms with Gasteiger partial charge < -0.3 is 0 Å². The van der Waals surface area contributed by atoms with Gasteiger partial charge in [0, 0.05) is 0 Å². The monoisotopic (exact) mass is 272 g/mol. The first-order chi connectivity index (χ1) is 2.56. The third-order valence-electron chi connectivity index (χ3n) is 0.0919. The Morgan fingerprint density at radius 3 is 2.17 bits per heavy atom. The summed E-state index contributed by atoms with van der Waals surface area (Å²) in [7, 11) is 0. The molecule has 0 rings (SSSR count). The summed E-state index contributed by atoms with van der Waals surface area (Å²) in [6.45, 7) is 0. The molecule has 35 valence electrons. The Bertz CT molecular complexity index is 124. The molecule has 0 N–H and O–H groups in total. The van der Waals surface area contributed by atoms with E-state index in [1.54, 1.807) is 21.2 Å². The first-order valence-electron chi connectivity index (χ1n) is 0.869. The zero-order valence-electron chi connectivity index (χ0n) is 2.50. The van der Waals surface area contributed by atoms with E-state index in [1.807, 2.05) is 15.7 Å². The average Bonchev–Trinajstić information content (AvgIpc) is 1.35. The van der Waals surface area contributed by atoms with E-state index in [0.29, 0.717) is 0 Å². The van der Waals surface area contributed by atoms with Gasteiger partial charge in [0.15, 0.2) is 0 Å². The molecule has 0 radical (unpaired) electrons. The van der Waals surface area contributed by atoms with Crippen LogP contribution >= 0.6 is 21.2 Å². The number of hydrogen-bond donors (Lipinski definition) is 0. The van der Waals surface area contributed by atoms with Crippen LogP contribution in [0.15, 0.2) is 3.77 Å². The van der Waals surface area contributed by atoms with E-state index in [-0.39, 0.29) is 0 Å². The van der Waals surface area contributed by atoms with E-state index >= 15 is 0 Å². The normalized spacial score (nSPS) is 18.7. The van der Waals surface area contributed by atoms with Crippen LogP contribution in [0.3, 0.4) is 0 Å². The van der Waals surface area contributed by atoms with E-state index < -0.39 is 4.94 Å².